The summed E-state index contributed by atoms with van der Waals surface area (Å²) in [6.45, 7) is 1.93. The van der Waals surface area contributed by atoms with Crippen LogP contribution in [0.3, 0.4) is 0 Å². The van der Waals surface area contributed by atoms with E-state index in [1.165, 1.54) is 0 Å². The summed E-state index contributed by atoms with van der Waals surface area (Å²) in [5, 5.41) is 8.30. The molecular formula is C13H11ClN2O2. The molecule has 2 rings (SSSR count). The van der Waals surface area contributed by atoms with Crippen LogP contribution in [0.4, 0.5) is 0 Å². The van der Waals surface area contributed by atoms with Gasteiger partial charge in [-0.2, -0.15) is 0 Å². The highest BCUT2D eigenvalue weighted by molar-refractivity contribution is 6.32. The van der Waals surface area contributed by atoms with Crippen LogP contribution >= 0.6 is 11.6 Å². The first-order valence-electron chi connectivity index (χ1n) is 5.29. The summed E-state index contributed by atoms with van der Waals surface area (Å²) >= 11 is 6.08. The first kappa shape index (κ1) is 12.5. The fraction of sp³-hybridized carbons (Fsp3) is 0.154. The molecule has 4 nitrogen and oxygen atoms in total. The Morgan fingerprint density at radius 3 is 2.61 bits per heavy atom. The summed E-state index contributed by atoms with van der Waals surface area (Å²) in [4.78, 5) is 10.5. The van der Waals surface area contributed by atoms with Crippen molar-refractivity contribution in [3.05, 3.63) is 40.5 Å². The van der Waals surface area contributed by atoms with Gasteiger partial charge in [0.15, 0.2) is 6.29 Å². The molecule has 0 N–H and O–H groups in total. The smallest absolute Gasteiger partial charge is 0.170 e. The SMILES string of the molecule is COc1cc(C)c(-c2ccc(C=O)nn2)cc1Cl. The zero-order valence-electron chi connectivity index (χ0n) is 9.98. The zero-order chi connectivity index (χ0) is 13.1. The molecule has 0 amide bonds. The van der Waals surface area contributed by atoms with Crippen molar-refractivity contribution in [1.29, 1.82) is 0 Å². The van der Waals surface area contributed by atoms with Crippen molar-refractivity contribution in [2.45, 2.75) is 6.92 Å². The summed E-state index contributed by atoms with van der Waals surface area (Å²) in [7, 11) is 1.57. The fourth-order valence-corrected chi connectivity index (χ4v) is 1.88. The van der Waals surface area contributed by atoms with Gasteiger partial charge in [0, 0.05) is 5.56 Å². The molecule has 0 bridgehead atoms. The first-order chi connectivity index (χ1) is 8.65. The standard InChI is InChI=1S/C13H11ClN2O2/c1-8-5-13(18-2)11(14)6-10(8)12-4-3-9(7-17)15-16-12/h3-7H,1-2H3. The Hall–Kier alpha value is -1.94. The van der Waals surface area contributed by atoms with Gasteiger partial charge in [0.05, 0.1) is 17.8 Å². The van der Waals surface area contributed by atoms with Crippen LogP contribution in [0, 0.1) is 6.92 Å². The molecule has 0 radical (unpaired) electrons. The van der Waals surface area contributed by atoms with Gasteiger partial charge in [-0.1, -0.05) is 11.6 Å². The van der Waals surface area contributed by atoms with Crippen molar-refractivity contribution in [3.63, 3.8) is 0 Å². The Morgan fingerprint density at radius 2 is 2.06 bits per heavy atom. The fourth-order valence-electron chi connectivity index (χ4n) is 1.64. The summed E-state index contributed by atoms with van der Waals surface area (Å²) in [6.07, 6.45) is 0.657. The van der Waals surface area contributed by atoms with Gasteiger partial charge in [0.2, 0.25) is 0 Å². The van der Waals surface area contributed by atoms with Crippen molar-refractivity contribution in [3.8, 4) is 17.0 Å². The molecule has 0 unspecified atom stereocenters. The predicted octanol–water partition coefficient (Wildman–Crippen LogP) is 2.93. The molecule has 0 atom stereocenters. The van der Waals surface area contributed by atoms with Gasteiger partial charge in [0.25, 0.3) is 0 Å². The first-order valence-corrected chi connectivity index (χ1v) is 5.67. The molecule has 92 valence electrons. The Bertz CT molecular complexity index is 582. The van der Waals surface area contributed by atoms with Crippen LogP contribution in [0.5, 0.6) is 5.75 Å². The number of halogens is 1. The Balaban J connectivity index is 2.49. The van der Waals surface area contributed by atoms with Gasteiger partial charge in [-0.3, -0.25) is 4.79 Å². The number of carbonyl (C=O) groups excluding carboxylic acids is 1. The summed E-state index contributed by atoms with van der Waals surface area (Å²) < 4.78 is 5.14. The minimum Gasteiger partial charge on any atom is -0.495 e. The van der Waals surface area contributed by atoms with Gasteiger partial charge in [-0.05, 0) is 36.8 Å². The molecule has 0 aliphatic rings. The van der Waals surface area contributed by atoms with Crippen molar-refractivity contribution in [2.75, 3.05) is 7.11 Å². The van der Waals surface area contributed by atoms with Gasteiger partial charge >= 0.3 is 0 Å². The molecule has 2 aromatic rings. The number of methoxy groups -OCH3 is 1. The molecule has 0 spiro atoms. The highest BCUT2D eigenvalue weighted by Crippen LogP contribution is 2.32. The quantitative estimate of drug-likeness (QED) is 0.798. The monoisotopic (exact) mass is 262 g/mol. The molecular weight excluding hydrogens is 252 g/mol. The molecule has 0 aliphatic carbocycles. The minimum absolute atomic E-state index is 0.302. The maximum atomic E-state index is 10.5. The maximum absolute atomic E-state index is 10.5. The van der Waals surface area contributed by atoms with Crippen LogP contribution in [0.1, 0.15) is 16.1 Å². The number of hydrogen-bond donors (Lipinski definition) is 0. The molecule has 18 heavy (non-hydrogen) atoms. The molecule has 0 aliphatic heterocycles. The lowest BCUT2D eigenvalue weighted by molar-refractivity contribution is 0.111. The second-order valence-corrected chi connectivity index (χ2v) is 4.17. The molecule has 1 aromatic carbocycles. The van der Waals surface area contributed by atoms with E-state index in [9.17, 15) is 4.79 Å². The van der Waals surface area contributed by atoms with Crippen molar-refractivity contribution in [2.24, 2.45) is 0 Å². The van der Waals surface area contributed by atoms with Crippen LogP contribution < -0.4 is 4.74 Å². The second-order valence-electron chi connectivity index (χ2n) is 3.76. The largest absolute Gasteiger partial charge is 0.495 e. The van der Waals surface area contributed by atoms with Gasteiger partial charge < -0.3 is 4.74 Å². The topological polar surface area (TPSA) is 52.1 Å². The normalized spacial score (nSPS) is 10.2. The number of benzene rings is 1. The third kappa shape index (κ3) is 2.33. The lowest BCUT2D eigenvalue weighted by atomic mass is 10.0. The summed E-state index contributed by atoms with van der Waals surface area (Å²) in [6, 6.07) is 6.97. The van der Waals surface area contributed by atoms with E-state index in [1.54, 1.807) is 25.3 Å². The number of nitrogens with zero attached hydrogens (tertiary/aromatic N) is 2. The Kier molecular flexibility index (Phi) is 3.58. The number of hydrogen-bond acceptors (Lipinski definition) is 4. The van der Waals surface area contributed by atoms with E-state index >= 15 is 0 Å². The predicted molar refractivity (Wildman–Crippen MR) is 69.2 cm³/mol. The zero-order valence-corrected chi connectivity index (χ0v) is 10.7. The van der Waals surface area contributed by atoms with Crippen molar-refractivity contribution in [1.82, 2.24) is 10.2 Å². The van der Waals surface area contributed by atoms with E-state index in [1.807, 2.05) is 13.0 Å². The highest BCUT2D eigenvalue weighted by Gasteiger charge is 2.09. The molecule has 0 saturated carbocycles. The summed E-state index contributed by atoms with van der Waals surface area (Å²) in [5.41, 5.74) is 2.81. The highest BCUT2D eigenvalue weighted by atomic mass is 35.5. The Morgan fingerprint density at radius 1 is 1.28 bits per heavy atom. The molecule has 1 heterocycles. The molecule has 0 saturated heterocycles. The lowest BCUT2D eigenvalue weighted by Crippen LogP contribution is -1.95. The van der Waals surface area contributed by atoms with Crippen LogP contribution in [0.15, 0.2) is 24.3 Å². The van der Waals surface area contributed by atoms with Crippen LogP contribution in [-0.2, 0) is 0 Å². The number of aldehydes is 1. The average Bonchev–Trinajstić information content (AvgIpc) is 2.41. The van der Waals surface area contributed by atoms with Gasteiger partial charge in [-0.25, -0.2) is 0 Å². The average molecular weight is 263 g/mol. The van der Waals surface area contributed by atoms with E-state index in [2.05, 4.69) is 10.2 Å². The maximum Gasteiger partial charge on any atom is 0.170 e. The minimum atomic E-state index is 0.302. The van der Waals surface area contributed by atoms with E-state index in [0.29, 0.717) is 28.4 Å². The van der Waals surface area contributed by atoms with Crippen LogP contribution in [-0.4, -0.2) is 23.6 Å². The van der Waals surface area contributed by atoms with Crippen LogP contribution in [0.2, 0.25) is 5.02 Å². The molecule has 5 heteroatoms. The van der Waals surface area contributed by atoms with E-state index in [4.69, 9.17) is 16.3 Å². The number of carbonyl (C=O) groups is 1. The third-order valence-corrected chi connectivity index (χ3v) is 2.88. The van der Waals surface area contributed by atoms with Crippen molar-refractivity contribution < 1.29 is 9.53 Å². The van der Waals surface area contributed by atoms with E-state index in [-0.39, 0.29) is 0 Å². The number of aryl methyl sites for hydroxylation is 1. The number of rotatable bonds is 3. The Labute approximate surface area is 110 Å². The van der Waals surface area contributed by atoms with Gasteiger partial charge in [0.1, 0.15) is 11.4 Å². The summed E-state index contributed by atoms with van der Waals surface area (Å²) in [5.74, 6) is 0.621. The van der Waals surface area contributed by atoms with Crippen LogP contribution in [0.25, 0.3) is 11.3 Å². The second kappa shape index (κ2) is 5.14. The van der Waals surface area contributed by atoms with Gasteiger partial charge in [-0.15, -0.1) is 10.2 Å². The van der Waals surface area contributed by atoms with Crippen molar-refractivity contribution >= 4 is 17.9 Å². The van der Waals surface area contributed by atoms with E-state index in [0.717, 1.165) is 11.1 Å². The van der Waals surface area contributed by atoms with E-state index < -0.39 is 0 Å². The molecule has 0 fully saturated rings. The third-order valence-electron chi connectivity index (χ3n) is 2.58. The number of ether oxygens (including phenoxy) is 1. The molecule has 1 aromatic heterocycles. The lowest BCUT2D eigenvalue weighted by Gasteiger charge is -2.09. The number of aromatic nitrogens is 2.